The summed E-state index contributed by atoms with van der Waals surface area (Å²) >= 11 is 0. The molecule has 1 aromatic carbocycles. The zero-order valence-electron chi connectivity index (χ0n) is 15.7. The summed E-state index contributed by atoms with van der Waals surface area (Å²) < 4.78 is 41.1. The Kier molecular flexibility index (Phi) is 4.52. The van der Waals surface area contributed by atoms with Crippen LogP contribution in [0.5, 0.6) is 11.5 Å². The maximum absolute atomic E-state index is 12.9. The highest BCUT2D eigenvalue weighted by atomic mass is 32.2. The van der Waals surface area contributed by atoms with E-state index in [-0.39, 0.29) is 13.2 Å². The number of amides is 1. The number of hydrogen-bond acceptors (Lipinski definition) is 6. The van der Waals surface area contributed by atoms with E-state index in [0.29, 0.717) is 17.2 Å². The molecule has 2 aliphatic heterocycles. The lowest BCUT2D eigenvalue weighted by Crippen LogP contribution is -2.56. The molecule has 2 N–H and O–H groups in total. The topological polar surface area (TPSA) is 115 Å². The van der Waals surface area contributed by atoms with Gasteiger partial charge in [0.2, 0.25) is 12.7 Å². The summed E-state index contributed by atoms with van der Waals surface area (Å²) in [5, 5.41) is 6.94. The van der Waals surface area contributed by atoms with Crippen molar-refractivity contribution in [2.24, 2.45) is 7.05 Å². The van der Waals surface area contributed by atoms with Gasteiger partial charge in [0.1, 0.15) is 6.04 Å². The smallest absolute Gasteiger partial charge is 0.280 e. The van der Waals surface area contributed by atoms with Crippen molar-refractivity contribution < 1.29 is 22.7 Å². The van der Waals surface area contributed by atoms with Crippen LogP contribution in [0.15, 0.2) is 24.4 Å². The van der Waals surface area contributed by atoms with E-state index in [0.717, 1.165) is 15.6 Å². The van der Waals surface area contributed by atoms with Crippen LogP contribution in [0.3, 0.4) is 0 Å². The van der Waals surface area contributed by atoms with Crippen molar-refractivity contribution in [2.75, 3.05) is 19.2 Å². The Balaban J connectivity index is 1.58. The molecule has 1 amide bonds. The van der Waals surface area contributed by atoms with Crippen molar-refractivity contribution in [2.45, 2.75) is 25.4 Å². The third-order valence-electron chi connectivity index (χ3n) is 5.16. The van der Waals surface area contributed by atoms with Crippen molar-refractivity contribution in [1.29, 1.82) is 0 Å². The largest absolute Gasteiger partial charge is 0.454 e. The summed E-state index contributed by atoms with van der Waals surface area (Å²) in [5.41, 5.74) is 2.10. The fourth-order valence-corrected chi connectivity index (χ4v) is 4.64. The molecule has 28 heavy (non-hydrogen) atoms. The van der Waals surface area contributed by atoms with Gasteiger partial charge in [0.05, 0.1) is 12.2 Å². The summed E-state index contributed by atoms with van der Waals surface area (Å²) in [6, 6.07) is 3.62. The summed E-state index contributed by atoms with van der Waals surface area (Å²) in [6.07, 6.45) is 1.90. The molecule has 0 aliphatic carbocycles. The van der Waals surface area contributed by atoms with E-state index in [4.69, 9.17) is 9.47 Å². The van der Waals surface area contributed by atoms with Gasteiger partial charge in [-0.1, -0.05) is 0 Å². The number of rotatable bonds is 3. The maximum Gasteiger partial charge on any atom is 0.280 e. The van der Waals surface area contributed by atoms with Crippen LogP contribution in [0.25, 0.3) is 0 Å². The number of aryl methyl sites for hydroxylation is 1. The molecule has 1 saturated heterocycles. The van der Waals surface area contributed by atoms with E-state index >= 15 is 0 Å². The van der Waals surface area contributed by atoms with Gasteiger partial charge < -0.3 is 14.8 Å². The zero-order chi connectivity index (χ0) is 20.1. The fourth-order valence-electron chi connectivity index (χ4n) is 3.37. The van der Waals surface area contributed by atoms with E-state index in [9.17, 15) is 13.2 Å². The molecule has 1 fully saturated rings. The van der Waals surface area contributed by atoms with Crippen molar-refractivity contribution in [3.8, 4) is 11.5 Å². The standard InChI is InChI=1S/C17H21N5O5S/c1-10-12(8-18-21(10)2)13-7-14(22(3)28(24,25)20-13)17(23)19-11-4-5-15-16(6-11)27-9-26-15/h4-6,8,13-14,20H,7,9H2,1-3H3,(H,19,23)/t13-,14-/m1/s1. The second kappa shape index (κ2) is 6.76. The van der Waals surface area contributed by atoms with Gasteiger partial charge in [-0.05, 0) is 25.5 Å². The van der Waals surface area contributed by atoms with Crippen LogP contribution < -0.4 is 19.5 Å². The second-order valence-corrected chi connectivity index (χ2v) is 8.57. The molecule has 0 saturated carbocycles. The highest BCUT2D eigenvalue weighted by Crippen LogP contribution is 2.35. The van der Waals surface area contributed by atoms with Crippen molar-refractivity contribution in [1.82, 2.24) is 18.8 Å². The number of ether oxygens (including phenoxy) is 2. The van der Waals surface area contributed by atoms with Crippen LogP contribution >= 0.6 is 0 Å². The molecule has 0 radical (unpaired) electrons. The molecule has 2 aromatic rings. The molecule has 10 nitrogen and oxygen atoms in total. The molecular weight excluding hydrogens is 386 g/mol. The fraction of sp³-hybridized carbons (Fsp3) is 0.412. The number of nitrogens with zero attached hydrogens (tertiary/aromatic N) is 3. The molecule has 0 unspecified atom stereocenters. The number of likely N-dealkylation sites (N-methyl/N-ethyl adjacent to an activating group) is 1. The highest BCUT2D eigenvalue weighted by molar-refractivity contribution is 7.87. The van der Waals surface area contributed by atoms with Crippen LogP contribution in [-0.4, -0.2) is 48.3 Å². The summed E-state index contributed by atoms with van der Waals surface area (Å²) in [5.74, 6) is 0.720. The van der Waals surface area contributed by atoms with Gasteiger partial charge in [0.15, 0.2) is 11.5 Å². The summed E-state index contributed by atoms with van der Waals surface area (Å²) in [4.78, 5) is 12.9. The highest BCUT2D eigenvalue weighted by Gasteiger charge is 2.41. The second-order valence-electron chi connectivity index (χ2n) is 6.81. The van der Waals surface area contributed by atoms with Crippen LogP contribution in [-0.2, 0) is 22.1 Å². The Bertz CT molecular complexity index is 1030. The summed E-state index contributed by atoms with van der Waals surface area (Å²) in [7, 11) is -0.650. The van der Waals surface area contributed by atoms with Gasteiger partial charge in [0, 0.05) is 37.1 Å². The lowest BCUT2D eigenvalue weighted by molar-refractivity contribution is -0.120. The zero-order valence-corrected chi connectivity index (χ0v) is 16.5. The van der Waals surface area contributed by atoms with Gasteiger partial charge in [-0.2, -0.15) is 22.5 Å². The number of fused-ring (bicyclic) bond motifs is 1. The third kappa shape index (κ3) is 3.21. The van der Waals surface area contributed by atoms with Crippen LogP contribution in [0, 0.1) is 6.92 Å². The van der Waals surface area contributed by atoms with Crippen molar-refractivity contribution in [3.63, 3.8) is 0 Å². The first-order valence-corrected chi connectivity index (χ1v) is 10.1. The van der Waals surface area contributed by atoms with Gasteiger partial charge in [-0.25, -0.2) is 0 Å². The predicted molar refractivity (Wildman–Crippen MR) is 100 cm³/mol. The van der Waals surface area contributed by atoms with E-state index < -0.39 is 28.2 Å². The molecule has 0 bridgehead atoms. The van der Waals surface area contributed by atoms with Crippen molar-refractivity contribution in [3.05, 3.63) is 35.7 Å². The average molecular weight is 407 g/mol. The normalized spacial score (nSPS) is 23.5. The average Bonchev–Trinajstić information content (AvgIpc) is 3.24. The van der Waals surface area contributed by atoms with E-state index in [1.807, 2.05) is 6.92 Å². The minimum absolute atomic E-state index is 0.133. The van der Waals surface area contributed by atoms with Gasteiger partial charge in [-0.3, -0.25) is 9.48 Å². The molecule has 3 heterocycles. The van der Waals surface area contributed by atoms with Crippen molar-refractivity contribution >= 4 is 21.8 Å². The van der Waals surface area contributed by atoms with E-state index in [1.165, 1.54) is 7.05 Å². The van der Waals surface area contributed by atoms with Crippen LogP contribution in [0.1, 0.15) is 23.7 Å². The monoisotopic (exact) mass is 407 g/mol. The molecule has 11 heteroatoms. The molecule has 2 atom stereocenters. The SMILES string of the molecule is Cc1c([C@H]2C[C@H](C(=O)Nc3ccc4c(c3)OCO4)N(C)S(=O)(=O)N2)cnn1C. The van der Waals surface area contributed by atoms with Gasteiger partial charge in [-0.15, -0.1) is 0 Å². The molecule has 1 aromatic heterocycles. The van der Waals surface area contributed by atoms with Gasteiger partial charge >= 0.3 is 0 Å². The number of anilines is 1. The Labute approximate surface area is 162 Å². The number of nitrogens with one attached hydrogen (secondary N) is 2. The molecule has 0 spiro atoms. The van der Waals surface area contributed by atoms with E-state index in [2.05, 4.69) is 15.1 Å². The first kappa shape index (κ1) is 18.7. The Morgan fingerprint density at radius 1 is 1.29 bits per heavy atom. The summed E-state index contributed by atoms with van der Waals surface area (Å²) in [6.45, 7) is 1.99. The predicted octanol–water partition coefficient (Wildman–Crippen LogP) is 0.676. The number of hydrogen-bond donors (Lipinski definition) is 2. The minimum atomic E-state index is -3.82. The number of carbonyl (C=O) groups is 1. The minimum Gasteiger partial charge on any atom is -0.454 e. The molecular formula is C17H21N5O5S. The first-order valence-electron chi connectivity index (χ1n) is 8.70. The Morgan fingerprint density at radius 2 is 2.04 bits per heavy atom. The molecule has 4 rings (SSSR count). The lowest BCUT2D eigenvalue weighted by atomic mass is 10.00. The maximum atomic E-state index is 12.9. The molecule has 2 aliphatic rings. The van der Waals surface area contributed by atoms with Crippen LogP contribution in [0.2, 0.25) is 0 Å². The van der Waals surface area contributed by atoms with Crippen LogP contribution in [0.4, 0.5) is 5.69 Å². The molecule has 150 valence electrons. The Hall–Kier alpha value is -2.63. The third-order valence-corrected chi connectivity index (χ3v) is 6.75. The lowest BCUT2D eigenvalue weighted by Gasteiger charge is -2.36. The quantitative estimate of drug-likeness (QED) is 0.773. The van der Waals surface area contributed by atoms with Gasteiger partial charge in [0.25, 0.3) is 10.2 Å². The first-order chi connectivity index (χ1) is 13.3. The number of benzene rings is 1. The number of carbonyl (C=O) groups excluding carboxylic acids is 1. The van der Waals surface area contributed by atoms with E-state index in [1.54, 1.807) is 36.1 Å². The number of aromatic nitrogens is 2. The Morgan fingerprint density at radius 3 is 2.75 bits per heavy atom.